The summed E-state index contributed by atoms with van der Waals surface area (Å²) in [6.07, 6.45) is 0. The Morgan fingerprint density at radius 1 is 1.24 bits per heavy atom. The monoisotopic (exact) mass is 294 g/mol. The highest BCUT2D eigenvalue weighted by molar-refractivity contribution is 9.10. The van der Waals surface area contributed by atoms with Crippen LogP contribution in [-0.4, -0.2) is 17.3 Å². The molecule has 0 saturated heterocycles. The van der Waals surface area contributed by atoms with Gasteiger partial charge in [0.25, 0.3) is 5.91 Å². The van der Waals surface area contributed by atoms with Crippen molar-refractivity contribution in [1.82, 2.24) is 5.32 Å². The Kier molecular flexibility index (Phi) is 2.86. The SMILES string of the molecule is Cc1cc(C2=NC(C)(C)C(=O)N2)cc(C)c1Br. The van der Waals surface area contributed by atoms with Crippen molar-refractivity contribution in [3.63, 3.8) is 0 Å². The fourth-order valence-corrected chi connectivity index (χ4v) is 2.07. The van der Waals surface area contributed by atoms with Crippen molar-refractivity contribution < 1.29 is 4.79 Å². The molecule has 1 heterocycles. The van der Waals surface area contributed by atoms with Gasteiger partial charge in [0.1, 0.15) is 11.4 Å². The highest BCUT2D eigenvalue weighted by atomic mass is 79.9. The lowest BCUT2D eigenvalue weighted by Gasteiger charge is -2.07. The number of hydrogen-bond donors (Lipinski definition) is 1. The van der Waals surface area contributed by atoms with Crippen LogP contribution in [0.2, 0.25) is 0 Å². The summed E-state index contributed by atoms with van der Waals surface area (Å²) in [6.45, 7) is 7.69. The maximum absolute atomic E-state index is 11.7. The predicted octanol–water partition coefficient (Wildman–Crippen LogP) is 2.72. The molecule has 1 aromatic carbocycles. The minimum absolute atomic E-state index is 0.0503. The van der Waals surface area contributed by atoms with Crippen LogP contribution >= 0.6 is 15.9 Å². The number of aryl methyl sites for hydroxylation is 2. The number of hydrogen-bond acceptors (Lipinski definition) is 2. The third-order valence-corrected chi connectivity index (χ3v) is 4.14. The summed E-state index contributed by atoms with van der Waals surface area (Å²) in [5.74, 6) is 0.615. The highest BCUT2D eigenvalue weighted by Gasteiger charge is 2.34. The van der Waals surface area contributed by atoms with Crippen molar-refractivity contribution in [1.29, 1.82) is 0 Å². The van der Waals surface area contributed by atoms with E-state index in [1.807, 2.05) is 39.8 Å². The molecule has 0 spiro atoms. The number of nitrogens with one attached hydrogen (secondary N) is 1. The van der Waals surface area contributed by atoms with Gasteiger partial charge in [0.05, 0.1) is 0 Å². The smallest absolute Gasteiger partial charge is 0.252 e. The molecule has 0 saturated carbocycles. The first-order chi connectivity index (χ1) is 7.81. The third kappa shape index (κ3) is 2.14. The molecule has 1 aliphatic heterocycles. The Bertz CT molecular complexity index is 509. The molecular formula is C13H15BrN2O. The van der Waals surface area contributed by atoms with Gasteiger partial charge in [0.2, 0.25) is 0 Å². The average molecular weight is 295 g/mol. The molecule has 17 heavy (non-hydrogen) atoms. The highest BCUT2D eigenvalue weighted by Crippen LogP contribution is 2.24. The second-order valence-corrected chi connectivity index (χ2v) is 5.69. The van der Waals surface area contributed by atoms with Crippen LogP contribution in [0.1, 0.15) is 30.5 Å². The second kappa shape index (κ2) is 3.95. The van der Waals surface area contributed by atoms with Gasteiger partial charge in [-0.25, -0.2) is 0 Å². The lowest BCUT2D eigenvalue weighted by atomic mass is 10.1. The van der Waals surface area contributed by atoms with E-state index in [-0.39, 0.29) is 5.91 Å². The van der Waals surface area contributed by atoms with Gasteiger partial charge in [-0.15, -0.1) is 0 Å². The molecule has 0 aliphatic carbocycles. The molecule has 3 nitrogen and oxygen atoms in total. The molecule has 1 aromatic rings. The Morgan fingerprint density at radius 3 is 2.18 bits per heavy atom. The minimum atomic E-state index is -0.662. The molecule has 0 aromatic heterocycles. The van der Waals surface area contributed by atoms with Crippen LogP contribution in [0.4, 0.5) is 0 Å². The molecule has 0 fully saturated rings. The standard InChI is InChI=1S/C13H15BrN2O/c1-7-5-9(6-8(2)10(7)14)11-15-12(17)13(3,4)16-11/h5-6H,1-4H3,(H,15,16,17). The van der Waals surface area contributed by atoms with Crippen molar-refractivity contribution in [2.75, 3.05) is 0 Å². The largest absolute Gasteiger partial charge is 0.308 e. The van der Waals surface area contributed by atoms with Crippen LogP contribution in [0.15, 0.2) is 21.6 Å². The Balaban J connectivity index is 2.47. The molecule has 1 amide bonds. The van der Waals surface area contributed by atoms with E-state index < -0.39 is 5.54 Å². The van der Waals surface area contributed by atoms with Crippen molar-refractivity contribution >= 4 is 27.7 Å². The summed E-state index contributed by atoms with van der Waals surface area (Å²) in [7, 11) is 0. The summed E-state index contributed by atoms with van der Waals surface area (Å²) >= 11 is 3.53. The first-order valence-electron chi connectivity index (χ1n) is 5.50. The number of benzene rings is 1. The van der Waals surface area contributed by atoms with Gasteiger partial charge in [-0.05, 0) is 51.0 Å². The van der Waals surface area contributed by atoms with E-state index in [4.69, 9.17) is 0 Å². The van der Waals surface area contributed by atoms with E-state index >= 15 is 0 Å². The lowest BCUT2D eigenvalue weighted by molar-refractivity contribution is -0.122. The van der Waals surface area contributed by atoms with Crippen LogP contribution in [0, 0.1) is 13.8 Å². The summed E-state index contributed by atoms with van der Waals surface area (Å²) < 4.78 is 1.10. The van der Waals surface area contributed by atoms with Crippen LogP contribution in [-0.2, 0) is 4.79 Å². The Morgan fingerprint density at radius 2 is 1.76 bits per heavy atom. The van der Waals surface area contributed by atoms with E-state index in [0.29, 0.717) is 5.84 Å². The van der Waals surface area contributed by atoms with Gasteiger partial charge in [-0.1, -0.05) is 15.9 Å². The number of rotatable bonds is 1. The summed E-state index contributed by atoms with van der Waals surface area (Å²) in [5.41, 5.74) is 2.58. The average Bonchev–Trinajstić information content (AvgIpc) is 2.49. The first kappa shape index (κ1) is 12.3. The number of carbonyl (C=O) groups excluding carboxylic acids is 1. The Hall–Kier alpha value is -1.16. The lowest BCUT2D eigenvalue weighted by Crippen LogP contribution is -2.34. The van der Waals surface area contributed by atoms with E-state index in [2.05, 4.69) is 26.2 Å². The number of amides is 1. The van der Waals surface area contributed by atoms with E-state index in [1.54, 1.807) is 0 Å². The predicted molar refractivity (Wildman–Crippen MR) is 72.4 cm³/mol. The fraction of sp³-hybridized carbons (Fsp3) is 0.385. The molecule has 1 N–H and O–H groups in total. The quantitative estimate of drug-likeness (QED) is 0.850. The fourth-order valence-electron chi connectivity index (χ4n) is 1.84. The molecule has 0 unspecified atom stereocenters. The van der Waals surface area contributed by atoms with Crippen molar-refractivity contribution in [2.24, 2.45) is 4.99 Å². The first-order valence-corrected chi connectivity index (χ1v) is 6.29. The number of amidine groups is 1. The van der Waals surface area contributed by atoms with Gasteiger partial charge in [0.15, 0.2) is 0 Å². The number of halogens is 1. The number of carbonyl (C=O) groups is 1. The minimum Gasteiger partial charge on any atom is -0.308 e. The van der Waals surface area contributed by atoms with Gasteiger partial charge in [-0.2, -0.15) is 0 Å². The van der Waals surface area contributed by atoms with Crippen LogP contribution in [0.25, 0.3) is 0 Å². The third-order valence-electron chi connectivity index (χ3n) is 2.89. The van der Waals surface area contributed by atoms with Crippen molar-refractivity contribution in [2.45, 2.75) is 33.2 Å². The summed E-state index contributed by atoms with van der Waals surface area (Å²) in [6, 6.07) is 4.05. The van der Waals surface area contributed by atoms with E-state index in [9.17, 15) is 4.79 Å². The topological polar surface area (TPSA) is 41.5 Å². The molecule has 0 atom stereocenters. The molecule has 0 bridgehead atoms. The van der Waals surface area contributed by atoms with E-state index in [0.717, 1.165) is 21.2 Å². The number of aliphatic imine (C=N–C) groups is 1. The summed E-state index contributed by atoms with van der Waals surface area (Å²) in [4.78, 5) is 16.1. The van der Waals surface area contributed by atoms with Gasteiger partial charge in [0, 0.05) is 10.0 Å². The normalized spacial score (nSPS) is 17.9. The zero-order valence-corrected chi connectivity index (χ0v) is 12.0. The van der Waals surface area contributed by atoms with E-state index in [1.165, 1.54) is 0 Å². The molecular weight excluding hydrogens is 280 g/mol. The zero-order valence-electron chi connectivity index (χ0n) is 10.4. The van der Waals surface area contributed by atoms with Crippen LogP contribution < -0.4 is 5.32 Å². The maximum atomic E-state index is 11.7. The van der Waals surface area contributed by atoms with Gasteiger partial charge < -0.3 is 5.32 Å². The molecule has 0 radical (unpaired) electrons. The zero-order chi connectivity index (χ0) is 12.8. The molecule has 2 rings (SSSR count). The summed E-state index contributed by atoms with van der Waals surface area (Å²) in [5, 5.41) is 2.83. The van der Waals surface area contributed by atoms with Gasteiger partial charge >= 0.3 is 0 Å². The van der Waals surface area contributed by atoms with Gasteiger partial charge in [-0.3, -0.25) is 9.79 Å². The molecule has 4 heteroatoms. The van der Waals surface area contributed by atoms with Crippen molar-refractivity contribution in [3.05, 3.63) is 33.3 Å². The second-order valence-electron chi connectivity index (χ2n) is 4.90. The maximum Gasteiger partial charge on any atom is 0.252 e. The van der Waals surface area contributed by atoms with Crippen molar-refractivity contribution in [3.8, 4) is 0 Å². The molecule has 90 valence electrons. The molecule has 1 aliphatic rings. The number of nitrogens with zero attached hydrogens (tertiary/aromatic N) is 1. The van der Waals surface area contributed by atoms with Crippen LogP contribution in [0.5, 0.6) is 0 Å². The Labute approximate surface area is 109 Å². The van der Waals surface area contributed by atoms with Crippen LogP contribution in [0.3, 0.4) is 0 Å².